The monoisotopic (exact) mass is 360 g/mol. The molecule has 0 spiro atoms. The summed E-state index contributed by atoms with van der Waals surface area (Å²) in [7, 11) is 0. The number of halogens is 2. The zero-order chi connectivity index (χ0) is 18.3. The van der Waals surface area contributed by atoms with Gasteiger partial charge in [-0.05, 0) is 44.5 Å². The molecule has 1 aromatic heterocycles. The minimum Gasteiger partial charge on any atom is -0.337 e. The van der Waals surface area contributed by atoms with E-state index in [0.29, 0.717) is 37.3 Å². The number of fused-ring (bicyclic) bond motifs is 1. The van der Waals surface area contributed by atoms with Crippen molar-refractivity contribution in [3.05, 3.63) is 41.1 Å². The molecular weight excluding hydrogens is 338 g/mol. The third-order valence-corrected chi connectivity index (χ3v) is 5.53. The maximum atomic E-state index is 13.6. The molecule has 0 aliphatic carbocycles. The summed E-state index contributed by atoms with van der Waals surface area (Å²) in [6.07, 6.45) is 2.55. The van der Waals surface area contributed by atoms with Gasteiger partial charge in [-0.15, -0.1) is 0 Å². The van der Waals surface area contributed by atoms with Crippen LogP contribution in [0, 0.1) is 17.0 Å². The first-order chi connectivity index (χ1) is 12.5. The molecule has 3 heterocycles. The van der Waals surface area contributed by atoms with Crippen molar-refractivity contribution in [2.45, 2.75) is 32.7 Å². The van der Waals surface area contributed by atoms with Crippen LogP contribution in [0.2, 0.25) is 0 Å². The number of aromatic amines is 1. The molecule has 4 rings (SSSR count). The number of carbonyl (C=O) groups is 1. The molecule has 138 valence electrons. The average Bonchev–Trinajstić information content (AvgIpc) is 3.07. The average molecular weight is 360 g/mol. The van der Waals surface area contributed by atoms with Crippen LogP contribution in [0.5, 0.6) is 0 Å². The van der Waals surface area contributed by atoms with Crippen molar-refractivity contribution < 1.29 is 13.6 Å². The van der Waals surface area contributed by atoms with Gasteiger partial charge in [-0.3, -0.25) is 9.89 Å². The predicted molar refractivity (Wildman–Crippen MR) is 93.3 cm³/mol. The Morgan fingerprint density at radius 1 is 1.31 bits per heavy atom. The smallest absolute Gasteiger partial charge is 0.230 e. The van der Waals surface area contributed by atoms with E-state index < -0.39 is 11.6 Å². The predicted octanol–water partition coefficient (Wildman–Crippen LogP) is 2.63. The summed E-state index contributed by atoms with van der Waals surface area (Å²) < 4.78 is 26.9. The fourth-order valence-electron chi connectivity index (χ4n) is 3.97. The van der Waals surface area contributed by atoms with Crippen molar-refractivity contribution in [2.24, 2.45) is 5.41 Å². The first kappa shape index (κ1) is 17.1. The minimum absolute atomic E-state index is 0.146. The second-order valence-corrected chi connectivity index (χ2v) is 7.48. The molecule has 1 atom stereocenters. The molecule has 26 heavy (non-hydrogen) atoms. The summed E-state index contributed by atoms with van der Waals surface area (Å²) in [5.41, 5.74) is 2.56. The van der Waals surface area contributed by atoms with Crippen LogP contribution in [-0.4, -0.2) is 40.6 Å². The molecule has 0 bridgehead atoms. The molecule has 1 saturated heterocycles. The minimum atomic E-state index is -0.899. The van der Waals surface area contributed by atoms with E-state index in [1.54, 1.807) is 0 Å². The number of amides is 1. The lowest BCUT2D eigenvalue weighted by molar-refractivity contribution is -0.143. The van der Waals surface area contributed by atoms with Gasteiger partial charge in [0.15, 0.2) is 11.6 Å². The fraction of sp³-hybridized carbons (Fsp3) is 0.474. The summed E-state index contributed by atoms with van der Waals surface area (Å²) in [6.45, 7) is 4.74. The zero-order valence-electron chi connectivity index (χ0n) is 14.7. The molecule has 5 nitrogen and oxygen atoms in total. The third kappa shape index (κ3) is 2.90. The summed E-state index contributed by atoms with van der Waals surface area (Å²) in [6, 6.07) is 3.77. The van der Waals surface area contributed by atoms with Crippen molar-refractivity contribution in [3.63, 3.8) is 0 Å². The molecule has 0 saturated carbocycles. The van der Waals surface area contributed by atoms with E-state index in [1.165, 1.54) is 6.07 Å². The van der Waals surface area contributed by atoms with Gasteiger partial charge in [-0.1, -0.05) is 0 Å². The molecule has 1 fully saturated rings. The Bertz CT molecular complexity index is 842. The first-order valence-electron chi connectivity index (χ1n) is 8.99. The molecule has 0 radical (unpaired) electrons. The Hall–Kier alpha value is -2.28. The number of benzene rings is 1. The highest BCUT2D eigenvalue weighted by Crippen LogP contribution is 2.33. The fourth-order valence-corrected chi connectivity index (χ4v) is 3.97. The van der Waals surface area contributed by atoms with Gasteiger partial charge in [0.05, 0.1) is 11.1 Å². The van der Waals surface area contributed by atoms with Crippen LogP contribution in [-0.2, 0) is 17.8 Å². The molecule has 1 amide bonds. The molecule has 2 aliphatic rings. The number of piperidine rings is 1. The van der Waals surface area contributed by atoms with Crippen LogP contribution in [0.15, 0.2) is 18.2 Å². The lowest BCUT2D eigenvalue weighted by Crippen LogP contribution is -2.51. The maximum absolute atomic E-state index is 13.6. The summed E-state index contributed by atoms with van der Waals surface area (Å²) in [5, 5.41) is 10.6. The van der Waals surface area contributed by atoms with E-state index in [2.05, 4.69) is 15.5 Å². The second-order valence-electron chi connectivity index (χ2n) is 7.48. The number of rotatable bonds is 2. The van der Waals surface area contributed by atoms with Crippen molar-refractivity contribution in [3.8, 4) is 11.3 Å². The van der Waals surface area contributed by atoms with E-state index in [0.717, 1.165) is 42.8 Å². The van der Waals surface area contributed by atoms with E-state index in [9.17, 15) is 13.6 Å². The van der Waals surface area contributed by atoms with Crippen molar-refractivity contribution >= 4 is 5.91 Å². The van der Waals surface area contributed by atoms with E-state index >= 15 is 0 Å². The number of nitrogens with one attached hydrogen (secondary N) is 2. The topological polar surface area (TPSA) is 61.0 Å². The molecule has 1 unspecified atom stereocenters. The van der Waals surface area contributed by atoms with Crippen LogP contribution in [0.4, 0.5) is 8.78 Å². The number of hydrogen-bond donors (Lipinski definition) is 2. The standard InChI is InChI=1S/C19H22F2N4O/c1-19(6-2-7-22-11-19)18(26)25-8-5-16-13(10-25)17(24-23-16)12-3-4-14(20)15(21)9-12/h3-4,9,22H,2,5-8,10-11H2,1H3,(H,23,24). The van der Waals surface area contributed by atoms with Crippen LogP contribution in [0.25, 0.3) is 11.3 Å². The van der Waals surface area contributed by atoms with E-state index in [-0.39, 0.29) is 11.3 Å². The SMILES string of the molecule is CC1(C(=O)N2CCc3[nH]nc(-c4ccc(F)c(F)c4)c3C2)CCCNC1. The molecule has 1 aromatic carbocycles. The maximum Gasteiger partial charge on any atom is 0.230 e. The van der Waals surface area contributed by atoms with Crippen LogP contribution in [0.1, 0.15) is 31.0 Å². The number of hydrogen-bond acceptors (Lipinski definition) is 3. The van der Waals surface area contributed by atoms with Gasteiger partial charge in [-0.2, -0.15) is 5.10 Å². The van der Waals surface area contributed by atoms with Crippen molar-refractivity contribution in [1.29, 1.82) is 0 Å². The van der Waals surface area contributed by atoms with Gasteiger partial charge in [0.2, 0.25) is 5.91 Å². The Labute approximate surface area is 150 Å². The van der Waals surface area contributed by atoms with Crippen molar-refractivity contribution in [1.82, 2.24) is 20.4 Å². The van der Waals surface area contributed by atoms with Gasteiger partial charge < -0.3 is 10.2 Å². The summed E-state index contributed by atoms with van der Waals surface area (Å²) >= 11 is 0. The van der Waals surface area contributed by atoms with Gasteiger partial charge in [0, 0.05) is 42.9 Å². The van der Waals surface area contributed by atoms with Crippen LogP contribution >= 0.6 is 0 Å². The molecule has 7 heteroatoms. The number of H-pyrrole nitrogens is 1. The Balaban J connectivity index is 1.61. The van der Waals surface area contributed by atoms with E-state index in [4.69, 9.17) is 0 Å². The van der Waals surface area contributed by atoms with Crippen LogP contribution in [0.3, 0.4) is 0 Å². The third-order valence-electron chi connectivity index (χ3n) is 5.53. The highest BCUT2D eigenvalue weighted by Gasteiger charge is 2.39. The summed E-state index contributed by atoms with van der Waals surface area (Å²) in [4.78, 5) is 15.0. The first-order valence-corrected chi connectivity index (χ1v) is 8.99. The molecular formula is C19H22F2N4O. The van der Waals surface area contributed by atoms with E-state index in [1.807, 2.05) is 11.8 Å². The molecule has 2 N–H and O–H groups in total. The largest absolute Gasteiger partial charge is 0.337 e. The highest BCUT2D eigenvalue weighted by atomic mass is 19.2. The number of aromatic nitrogens is 2. The van der Waals surface area contributed by atoms with Crippen molar-refractivity contribution in [2.75, 3.05) is 19.6 Å². The normalized spacial score (nSPS) is 23.0. The zero-order valence-corrected chi connectivity index (χ0v) is 14.7. The lowest BCUT2D eigenvalue weighted by atomic mass is 9.81. The molecule has 2 aromatic rings. The second kappa shape index (κ2) is 6.46. The summed E-state index contributed by atoms with van der Waals surface area (Å²) in [5.74, 6) is -1.63. The Kier molecular flexibility index (Phi) is 4.26. The van der Waals surface area contributed by atoms with Crippen LogP contribution < -0.4 is 5.32 Å². The molecule has 2 aliphatic heterocycles. The van der Waals surface area contributed by atoms with Gasteiger partial charge >= 0.3 is 0 Å². The highest BCUT2D eigenvalue weighted by molar-refractivity contribution is 5.83. The number of nitrogens with zero attached hydrogens (tertiary/aromatic N) is 2. The Morgan fingerprint density at radius 3 is 2.88 bits per heavy atom. The number of carbonyl (C=O) groups excluding carboxylic acids is 1. The lowest BCUT2D eigenvalue weighted by Gasteiger charge is -2.38. The van der Waals surface area contributed by atoms with Gasteiger partial charge in [0.1, 0.15) is 0 Å². The van der Waals surface area contributed by atoms with Gasteiger partial charge in [0.25, 0.3) is 0 Å². The van der Waals surface area contributed by atoms with Gasteiger partial charge in [-0.25, -0.2) is 8.78 Å². The Morgan fingerprint density at radius 2 is 2.15 bits per heavy atom. The quantitative estimate of drug-likeness (QED) is 0.866.